The topological polar surface area (TPSA) is 24.4 Å². The van der Waals surface area contributed by atoms with E-state index in [9.17, 15) is 0 Å². The largest absolute Gasteiger partial charge is 0.288 e. The maximum Gasteiger partial charge on any atom is 0.128 e. The van der Waals surface area contributed by atoms with Gasteiger partial charge in [-0.25, -0.2) is 0 Å². The fourth-order valence-electron chi connectivity index (χ4n) is 2.83. The monoisotopic (exact) mass is 318 g/mol. The molecule has 0 aliphatic carbocycles. The number of rotatable bonds is 2. The Morgan fingerprint density at radius 2 is 1.65 bits per heavy atom. The molecule has 0 bridgehead atoms. The minimum Gasteiger partial charge on any atom is -0.288 e. The van der Waals surface area contributed by atoms with Crippen LogP contribution in [0.15, 0.2) is 71.8 Å². The third-order valence-corrected chi connectivity index (χ3v) is 5.53. The number of nitrogens with zero attached hydrogens (tertiary/aromatic N) is 1. The van der Waals surface area contributed by atoms with Crippen LogP contribution in [0.3, 0.4) is 0 Å². The average molecular weight is 318 g/mol. The number of nitrogens with one attached hydrogen (secondary N) is 1. The van der Waals surface area contributed by atoms with Crippen LogP contribution in [0.25, 0.3) is 10.8 Å². The van der Waals surface area contributed by atoms with Crippen molar-refractivity contribution in [1.29, 1.82) is 0 Å². The van der Waals surface area contributed by atoms with Gasteiger partial charge in [0.15, 0.2) is 0 Å². The number of thioether (sulfide) groups is 1. The molecule has 114 valence electrons. The summed E-state index contributed by atoms with van der Waals surface area (Å²) in [5, 5.41) is 8.14. The van der Waals surface area contributed by atoms with Gasteiger partial charge in [0.25, 0.3) is 0 Å². The number of fused-ring (bicyclic) bond motifs is 1. The highest BCUT2D eigenvalue weighted by Gasteiger charge is 2.34. The molecule has 0 fully saturated rings. The molecule has 0 amide bonds. The van der Waals surface area contributed by atoms with Gasteiger partial charge in [-0.15, -0.1) is 0 Å². The van der Waals surface area contributed by atoms with Gasteiger partial charge in [0, 0.05) is 5.56 Å². The van der Waals surface area contributed by atoms with Crippen molar-refractivity contribution in [3.63, 3.8) is 0 Å². The molecule has 1 aliphatic rings. The predicted molar refractivity (Wildman–Crippen MR) is 99.7 cm³/mol. The van der Waals surface area contributed by atoms with Gasteiger partial charge in [-0.2, -0.15) is 5.10 Å². The van der Waals surface area contributed by atoms with Crippen molar-refractivity contribution in [2.24, 2.45) is 5.10 Å². The Balaban J connectivity index is 1.65. The van der Waals surface area contributed by atoms with Crippen molar-refractivity contribution >= 4 is 27.6 Å². The van der Waals surface area contributed by atoms with Crippen LogP contribution < -0.4 is 5.43 Å². The van der Waals surface area contributed by atoms with Crippen molar-refractivity contribution in [2.45, 2.75) is 18.7 Å². The first-order chi connectivity index (χ1) is 11.1. The van der Waals surface area contributed by atoms with Crippen molar-refractivity contribution in [3.8, 4) is 0 Å². The van der Waals surface area contributed by atoms with Crippen molar-refractivity contribution in [2.75, 3.05) is 0 Å². The van der Waals surface area contributed by atoms with Crippen molar-refractivity contribution in [1.82, 2.24) is 5.43 Å². The van der Waals surface area contributed by atoms with Crippen LogP contribution in [0.5, 0.6) is 0 Å². The van der Waals surface area contributed by atoms with Crippen LogP contribution in [-0.4, -0.2) is 5.04 Å². The van der Waals surface area contributed by atoms with Crippen molar-refractivity contribution in [3.05, 3.63) is 83.4 Å². The minimum atomic E-state index is -0.232. The van der Waals surface area contributed by atoms with Crippen LogP contribution in [0.2, 0.25) is 0 Å². The zero-order valence-corrected chi connectivity index (χ0v) is 14.0. The maximum atomic E-state index is 4.57. The predicted octanol–water partition coefficient (Wildman–Crippen LogP) is 5.02. The summed E-state index contributed by atoms with van der Waals surface area (Å²) >= 11 is 1.77. The molecule has 23 heavy (non-hydrogen) atoms. The quantitative estimate of drug-likeness (QED) is 0.717. The SMILES string of the molecule is Cc1ccc(C2=NN[C@@](C)(c3ccc4ccccc4c3)S2)cc1. The highest BCUT2D eigenvalue weighted by atomic mass is 32.2. The van der Waals surface area contributed by atoms with Crippen LogP contribution >= 0.6 is 11.8 Å². The summed E-state index contributed by atoms with van der Waals surface area (Å²) in [5.74, 6) is 0. The van der Waals surface area contributed by atoms with Gasteiger partial charge < -0.3 is 0 Å². The van der Waals surface area contributed by atoms with Crippen LogP contribution in [0.4, 0.5) is 0 Å². The standard InChI is InChI=1S/C20H18N2S/c1-14-7-9-16(10-8-14)19-21-22-20(2,23-19)18-12-11-15-5-3-4-6-17(15)13-18/h3-13,22H,1-2H3/t20-/m1/s1. The Bertz CT molecular complexity index is 899. The van der Waals surface area contributed by atoms with E-state index < -0.39 is 0 Å². The van der Waals surface area contributed by atoms with Gasteiger partial charge in [-0.1, -0.05) is 78.0 Å². The van der Waals surface area contributed by atoms with E-state index in [1.165, 1.54) is 21.9 Å². The second kappa shape index (κ2) is 5.43. The molecule has 0 saturated heterocycles. The number of hydrogen-bond acceptors (Lipinski definition) is 3. The lowest BCUT2D eigenvalue weighted by atomic mass is 10.0. The molecule has 0 aromatic heterocycles. The Morgan fingerprint density at radius 1 is 0.913 bits per heavy atom. The fraction of sp³-hybridized carbons (Fsp3) is 0.150. The first-order valence-electron chi connectivity index (χ1n) is 7.74. The number of aryl methyl sites for hydroxylation is 1. The summed E-state index contributed by atoms with van der Waals surface area (Å²) in [4.78, 5) is -0.232. The first-order valence-corrected chi connectivity index (χ1v) is 8.56. The van der Waals surface area contributed by atoms with E-state index in [4.69, 9.17) is 0 Å². The van der Waals surface area contributed by atoms with Gasteiger partial charge in [0.1, 0.15) is 9.91 Å². The highest BCUT2D eigenvalue weighted by molar-refractivity contribution is 8.15. The van der Waals surface area contributed by atoms with Crippen LogP contribution in [0, 0.1) is 6.92 Å². The summed E-state index contributed by atoms with van der Waals surface area (Å²) in [6.45, 7) is 4.29. The Labute approximate surface area is 140 Å². The molecular formula is C20H18N2S. The third-order valence-electron chi connectivity index (χ3n) is 4.27. The minimum absolute atomic E-state index is 0.232. The lowest BCUT2D eigenvalue weighted by Gasteiger charge is -2.23. The number of hydrogen-bond donors (Lipinski definition) is 1. The van der Waals surface area contributed by atoms with E-state index in [0.717, 1.165) is 10.6 Å². The third kappa shape index (κ3) is 2.62. The lowest BCUT2D eigenvalue weighted by Crippen LogP contribution is -2.28. The van der Waals surface area contributed by atoms with Gasteiger partial charge in [-0.05, 0) is 36.2 Å². The van der Waals surface area contributed by atoms with Crippen LogP contribution in [-0.2, 0) is 4.87 Å². The molecule has 1 heterocycles. The molecule has 1 atom stereocenters. The fourth-order valence-corrected chi connectivity index (χ4v) is 3.89. The van der Waals surface area contributed by atoms with E-state index >= 15 is 0 Å². The molecule has 0 radical (unpaired) electrons. The summed E-state index contributed by atoms with van der Waals surface area (Å²) in [7, 11) is 0. The first kappa shape index (κ1) is 14.3. The number of hydrazone groups is 1. The van der Waals surface area contributed by atoms with E-state index in [2.05, 4.69) is 91.1 Å². The molecule has 2 nitrogen and oxygen atoms in total. The normalized spacial score (nSPS) is 20.3. The summed E-state index contributed by atoms with van der Waals surface area (Å²) in [5.41, 5.74) is 7.00. The molecule has 1 aliphatic heterocycles. The molecule has 0 unspecified atom stereocenters. The van der Waals surface area contributed by atoms with E-state index in [1.807, 2.05) is 0 Å². The van der Waals surface area contributed by atoms with E-state index in [0.29, 0.717) is 0 Å². The Kier molecular flexibility index (Phi) is 3.38. The van der Waals surface area contributed by atoms with E-state index in [1.54, 1.807) is 11.8 Å². The Morgan fingerprint density at radius 3 is 2.43 bits per heavy atom. The summed E-state index contributed by atoms with van der Waals surface area (Å²) in [6, 6.07) is 23.6. The average Bonchev–Trinajstić information content (AvgIpc) is 2.99. The summed E-state index contributed by atoms with van der Waals surface area (Å²) < 4.78 is 0. The summed E-state index contributed by atoms with van der Waals surface area (Å²) in [6.07, 6.45) is 0. The maximum absolute atomic E-state index is 4.57. The lowest BCUT2D eigenvalue weighted by molar-refractivity contribution is 0.563. The van der Waals surface area contributed by atoms with Gasteiger partial charge in [0.2, 0.25) is 0 Å². The van der Waals surface area contributed by atoms with Crippen molar-refractivity contribution < 1.29 is 0 Å². The molecule has 3 heteroatoms. The zero-order valence-electron chi connectivity index (χ0n) is 13.2. The highest BCUT2D eigenvalue weighted by Crippen LogP contribution is 2.40. The van der Waals surface area contributed by atoms with E-state index in [-0.39, 0.29) is 4.87 Å². The molecule has 4 rings (SSSR count). The van der Waals surface area contributed by atoms with Gasteiger partial charge >= 0.3 is 0 Å². The van der Waals surface area contributed by atoms with Gasteiger partial charge in [-0.3, -0.25) is 5.43 Å². The molecule has 3 aromatic rings. The molecule has 0 saturated carbocycles. The molecular weight excluding hydrogens is 300 g/mol. The molecule has 1 N–H and O–H groups in total. The smallest absolute Gasteiger partial charge is 0.128 e. The Hall–Kier alpha value is -2.26. The second-order valence-corrected chi connectivity index (χ2v) is 7.50. The second-order valence-electron chi connectivity index (χ2n) is 6.09. The molecule has 3 aromatic carbocycles. The number of benzene rings is 3. The van der Waals surface area contributed by atoms with Gasteiger partial charge in [0.05, 0.1) is 0 Å². The molecule has 0 spiro atoms. The zero-order chi connectivity index (χ0) is 15.9. The van der Waals surface area contributed by atoms with Crippen LogP contribution in [0.1, 0.15) is 23.6 Å².